The maximum atomic E-state index is 12.4. The van der Waals surface area contributed by atoms with E-state index in [1.165, 1.54) is 6.08 Å². The van der Waals surface area contributed by atoms with E-state index in [-0.39, 0.29) is 17.4 Å². The van der Waals surface area contributed by atoms with Crippen molar-refractivity contribution in [2.45, 2.75) is 26.3 Å². The van der Waals surface area contributed by atoms with Gasteiger partial charge in [0.1, 0.15) is 0 Å². The van der Waals surface area contributed by atoms with Crippen molar-refractivity contribution in [1.82, 2.24) is 5.32 Å². The molecule has 0 aliphatic carbocycles. The topological polar surface area (TPSA) is 58.2 Å². The second-order valence-electron chi connectivity index (χ2n) is 6.62. The molecule has 5 heteroatoms. The molecule has 0 aliphatic rings. The Morgan fingerprint density at radius 2 is 1.64 bits per heavy atom. The van der Waals surface area contributed by atoms with Crippen molar-refractivity contribution in [3.8, 4) is 0 Å². The van der Waals surface area contributed by atoms with E-state index < -0.39 is 0 Å². The third-order valence-corrected chi connectivity index (χ3v) is 3.47. The van der Waals surface area contributed by atoms with Gasteiger partial charge in [-0.25, -0.2) is 0 Å². The monoisotopic (exact) mass is 356 g/mol. The lowest BCUT2D eigenvalue weighted by atomic mass is 10.1. The largest absolute Gasteiger partial charge is 0.347 e. The summed E-state index contributed by atoms with van der Waals surface area (Å²) in [7, 11) is 0. The van der Waals surface area contributed by atoms with Crippen LogP contribution in [0.3, 0.4) is 0 Å². The number of anilines is 1. The lowest BCUT2D eigenvalue weighted by molar-refractivity contribution is -0.111. The fourth-order valence-corrected chi connectivity index (χ4v) is 2.24. The Kier molecular flexibility index (Phi) is 5.99. The highest BCUT2D eigenvalue weighted by atomic mass is 35.5. The molecule has 2 N–H and O–H groups in total. The first-order valence-corrected chi connectivity index (χ1v) is 8.28. The lowest BCUT2D eigenvalue weighted by Crippen LogP contribution is -2.40. The number of carbonyl (C=O) groups is 2. The zero-order valence-electron chi connectivity index (χ0n) is 14.5. The number of carbonyl (C=O) groups excluding carboxylic acids is 2. The Hall–Kier alpha value is -2.59. The lowest BCUT2D eigenvalue weighted by Gasteiger charge is -2.21. The average Bonchev–Trinajstić information content (AvgIpc) is 2.53. The van der Waals surface area contributed by atoms with Crippen molar-refractivity contribution < 1.29 is 9.59 Å². The van der Waals surface area contributed by atoms with Crippen molar-refractivity contribution in [3.63, 3.8) is 0 Å². The zero-order chi connectivity index (χ0) is 18.4. The minimum absolute atomic E-state index is 0.231. The molecule has 0 saturated heterocycles. The maximum Gasteiger partial charge on any atom is 0.253 e. The van der Waals surface area contributed by atoms with Gasteiger partial charge in [0.2, 0.25) is 5.91 Å². The van der Waals surface area contributed by atoms with Crippen molar-refractivity contribution in [2.24, 2.45) is 0 Å². The number of halogens is 1. The fourth-order valence-electron chi connectivity index (χ4n) is 2.12. The smallest absolute Gasteiger partial charge is 0.253 e. The summed E-state index contributed by atoms with van der Waals surface area (Å²) < 4.78 is 0. The van der Waals surface area contributed by atoms with Gasteiger partial charge in [-0.2, -0.15) is 0 Å². The Bertz CT molecular complexity index is 790. The normalized spacial score (nSPS) is 11.4. The summed E-state index contributed by atoms with van der Waals surface area (Å²) in [6, 6.07) is 14.1. The average molecular weight is 357 g/mol. The van der Waals surface area contributed by atoms with Crippen LogP contribution in [0.5, 0.6) is 0 Å². The molecule has 2 amide bonds. The molecule has 2 aromatic rings. The number of hydrogen-bond acceptors (Lipinski definition) is 2. The number of amides is 2. The second-order valence-corrected chi connectivity index (χ2v) is 7.06. The third-order valence-electron chi connectivity index (χ3n) is 3.22. The van der Waals surface area contributed by atoms with Crippen LogP contribution in [0.15, 0.2) is 54.6 Å². The molecule has 0 heterocycles. The van der Waals surface area contributed by atoms with Crippen LogP contribution >= 0.6 is 11.6 Å². The summed E-state index contributed by atoms with van der Waals surface area (Å²) in [6.07, 6.45) is 3.10. The van der Waals surface area contributed by atoms with Gasteiger partial charge in [-0.1, -0.05) is 35.9 Å². The van der Waals surface area contributed by atoms with Gasteiger partial charge in [0.15, 0.2) is 0 Å². The fraction of sp³-hybridized carbons (Fsp3) is 0.200. The SMILES string of the molecule is CC(C)(C)NC(=O)c1ccccc1NC(=O)/C=C/c1ccc(Cl)cc1. The van der Waals surface area contributed by atoms with Gasteiger partial charge in [-0.05, 0) is 56.7 Å². The molecule has 130 valence electrons. The molecule has 0 spiro atoms. The van der Waals surface area contributed by atoms with Crippen molar-refractivity contribution in [3.05, 3.63) is 70.8 Å². The number of rotatable bonds is 4. The summed E-state index contributed by atoms with van der Waals surface area (Å²) in [5, 5.41) is 6.28. The molecule has 0 aliphatic heterocycles. The van der Waals surface area contributed by atoms with Gasteiger partial charge in [0.05, 0.1) is 11.3 Å². The number of hydrogen-bond donors (Lipinski definition) is 2. The molecule has 2 rings (SSSR count). The first-order valence-electron chi connectivity index (χ1n) is 7.91. The van der Waals surface area contributed by atoms with Crippen LogP contribution in [0.25, 0.3) is 6.08 Å². The molecule has 0 atom stereocenters. The molecule has 4 nitrogen and oxygen atoms in total. The highest BCUT2D eigenvalue weighted by Gasteiger charge is 2.18. The van der Waals surface area contributed by atoms with Crippen LogP contribution in [-0.4, -0.2) is 17.4 Å². The molecule has 0 bridgehead atoms. The van der Waals surface area contributed by atoms with Gasteiger partial charge < -0.3 is 10.6 Å². The van der Waals surface area contributed by atoms with Gasteiger partial charge in [0.25, 0.3) is 5.91 Å². The number of nitrogens with one attached hydrogen (secondary N) is 2. The predicted octanol–water partition coefficient (Wildman–Crippen LogP) is 4.52. The van der Waals surface area contributed by atoms with E-state index in [0.717, 1.165) is 5.56 Å². The van der Waals surface area contributed by atoms with Gasteiger partial charge in [-0.15, -0.1) is 0 Å². The van der Waals surface area contributed by atoms with Crippen LogP contribution in [0.1, 0.15) is 36.7 Å². The molecular formula is C20H21ClN2O2. The summed E-state index contributed by atoms with van der Waals surface area (Å²) in [5.41, 5.74) is 1.39. The van der Waals surface area contributed by atoms with Gasteiger partial charge >= 0.3 is 0 Å². The zero-order valence-corrected chi connectivity index (χ0v) is 15.2. The Labute approximate surface area is 152 Å². The van der Waals surface area contributed by atoms with Crippen LogP contribution in [0, 0.1) is 0 Å². The quantitative estimate of drug-likeness (QED) is 0.791. The second kappa shape index (κ2) is 7.99. The van der Waals surface area contributed by atoms with Crippen molar-refractivity contribution in [1.29, 1.82) is 0 Å². The minimum atomic E-state index is -0.358. The molecular weight excluding hydrogens is 336 g/mol. The summed E-state index contributed by atoms with van der Waals surface area (Å²) >= 11 is 5.83. The van der Waals surface area contributed by atoms with E-state index in [4.69, 9.17) is 11.6 Å². The molecule has 0 fully saturated rings. The van der Waals surface area contributed by atoms with Crippen LogP contribution in [-0.2, 0) is 4.79 Å². The van der Waals surface area contributed by atoms with Crippen molar-refractivity contribution >= 4 is 35.2 Å². The van der Waals surface area contributed by atoms with E-state index >= 15 is 0 Å². The van der Waals surface area contributed by atoms with Gasteiger partial charge in [-0.3, -0.25) is 9.59 Å². The van der Waals surface area contributed by atoms with E-state index in [0.29, 0.717) is 16.3 Å². The minimum Gasteiger partial charge on any atom is -0.347 e. The molecule has 0 saturated carbocycles. The third kappa shape index (κ3) is 6.08. The summed E-state index contributed by atoms with van der Waals surface area (Å²) in [4.78, 5) is 24.5. The molecule has 25 heavy (non-hydrogen) atoms. The Morgan fingerprint density at radius 1 is 1.00 bits per heavy atom. The molecule has 0 radical (unpaired) electrons. The Balaban J connectivity index is 2.10. The van der Waals surface area contributed by atoms with E-state index in [1.807, 2.05) is 32.9 Å². The summed E-state index contributed by atoms with van der Waals surface area (Å²) in [6.45, 7) is 5.71. The molecule has 0 unspecified atom stereocenters. The van der Waals surface area contributed by atoms with E-state index in [2.05, 4.69) is 10.6 Å². The predicted molar refractivity (Wildman–Crippen MR) is 103 cm³/mol. The highest BCUT2D eigenvalue weighted by molar-refractivity contribution is 6.30. The van der Waals surface area contributed by atoms with Crippen LogP contribution in [0.2, 0.25) is 5.02 Å². The molecule has 0 aromatic heterocycles. The standard InChI is InChI=1S/C20H21ClN2O2/c1-20(2,3)23-19(25)16-6-4-5-7-17(16)22-18(24)13-10-14-8-11-15(21)12-9-14/h4-13H,1-3H3,(H,22,24)(H,23,25)/b13-10+. The van der Waals surface area contributed by atoms with E-state index in [9.17, 15) is 9.59 Å². The van der Waals surface area contributed by atoms with Crippen LogP contribution < -0.4 is 10.6 Å². The Morgan fingerprint density at radius 3 is 2.28 bits per heavy atom. The molecule has 2 aromatic carbocycles. The van der Waals surface area contributed by atoms with Gasteiger partial charge in [0, 0.05) is 16.6 Å². The number of benzene rings is 2. The number of para-hydroxylation sites is 1. The summed E-state index contributed by atoms with van der Waals surface area (Å²) in [5.74, 6) is -0.545. The first-order chi connectivity index (χ1) is 11.7. The van der Waals surface area contributed by atoms with Crippen molar-refractivity contribution in [2.75, 3.05) is 5.32 Å². The van der Waals surface area contributed by atoms with E-state index in [1.54, 1.807) is 42.5 Å². The highest BCUT2D eigenvalue weighted by Crippen LogP contribution is 2.17. The first kappa shape index (κ1) is 18.7. The van der Waals surface area contributed by atoms with Crippen LogP contribution in [0.4, 0.5) is 5.69 Å². The maximum absolute atomic E-state index is 12.4.